The van der Waals surface area contributed by atoms with Crippen LogP contribution in [0.15, 0.2) is 10.6 Å². The lowest BCUT2D eigenvalue weighted by atomic mass is 10.1. The molecule has 1 N–H and O–H groups in total. The highest BCUT2D eigenvalue weighted by molar-refractivity contribution is 5.83. The first-order valence-corrected chi connectivity index (χ1v) is 4.23. The molecule has 5 nitrogen and oxygen atoms in total. The molecule has 0 fully saturated rings. The normalized spacial score (nSPS) is 10.1. The summed E-state index contributed by atoms with van der Waals surface area (Å²) in [5, 5.41) is 12.0. The maximum absolute atomic E-state index is 11.2. The van der Waals surface area contributed by atoms with Gasteiger partial charge in [0.05, 0.1) is 18.5 Å². The molecule has 14 heavy (non-hydrogen) atoms. The monoisotopic (exact) mass is 197 g/mol. The van der Waals surface area contributed by atoms with E-state index >= 15 is 0 Å². The van der Waals surface area contributed by atoms with E-state index in [0.29, 0.717) is 11.5 Å². The van der Waals surface area contributed by atoms with Crippen LogP contribution < -0.4 is 0 Å². The van der Waals surface area contributed by atoms with Gasteiger partial charge in [0.2, 0.25) is 0 Å². The van der Waals surface area contributed by atoms with Gasteiger partial charge in [0.15, 0.2) is 0 Å². The minimum atomic E-state index is -0.963. The number of aromatic nitrogens is 1. The van der Waals surface area contributed by atoms with Crippen LogP contribution in [-0.2, 0) is 16.0 Å². The Morgan fingerprint density at radius 1 is 1.50 bits per heavy atom. The van der Waals surface area contributed by atoms with E-state index in [0.717, 1.165) is 0 Å². The molecule has 1 aromatic heterocycles. The predicted octanol–water partition coefficient (Wildman–Crippen LogP) is 0.959. The van der Waals surface area contributed by atoms with Crippen molar-refractivity contribution in [1.82, 2.24) is 5.16 Å². The molecule has 76 valence electrons. The topological polar surface area (TPSA) is 80.4 Å². The fourth-order valence-electron chi connectivity index (χ4n) is 1.04. The number of hydrogen-bond donors (Lipinski definition) is 1. The molecule has 1 aromatic rings. The first kappa shape index (κ1) is 10.4. The molecule has 0 spiro atoms. The van der Waals surface area contributed by atoms with Crippen LogP contribution in [0.3, 0.4) is 0 Å². The van der Waals surface area contributed by atoms with Gasteiger partial charge in [-0.1, -0.05) is 5.16 Å². The highest BCUT2D eigenvalue weighted by Gasteiger charge is 2.09. The molecule has 0 atom stereocenters. The van der Waals surface area contributed by atoms with E-state index in [2.05, 4.69) is 5.16 Å². The smallest absolute Gasteiger partial charge is 0.303 e. The molecule has 0 saturated heterocycles. The van der Waals surface area contributed by atoms with Crippen molar-refractivity contribution in [1.29, 1.82) is 0 Å². The SMILES string of the molecule is Cc1cc(CC(=O)CCC(=O)O)no1. The Balaban J connectivity index is 2.37. The molecule has 5 heteroatoms. The minimum Gasteiger partial charge on any atom is -0.481 e. The van der Waals surface area contributed by atoms with Crippen LogP contribution >= 0.6 is 0 Å². The van der Waals surface area contributed by atoms with Crippen molar-refractivity contribution >= 4 is 11.8 Å². The molecular weight excluding hydrogens is 186 g/mol. The Kier molecular flexibility index (Phi) is 3.39. The van der Waals surface area contributed by atoms with Gasteiger partial charge in [-0.3, -0.25) is 9.59 Å². The van der Waals surface area contributed by atoms with Crippen molar-refractivity contribution in [2.24, 2.45) is 0 Å². The minimum absolute atomic E-state index is 0.0429. The number of carboxylic acids is 1. The lowest BCUT2D eigenvalue weighted by Crippen LogP contribution is -2.06. The Hall–Kier alpha value is -1.65. The van der Waals surface area contributed by atoms with E-state index < -0.39 is 5.97 Å². The van der Waals surface area contributed by atoms with Crippen LogP contribution in [0.25, 0.3) is 0 Å². The molecular formula is C9H11NO4. The first-order chi connectivity index (χ1) is 6.58. The number of Topliss-reactive ketones (excluding diaryl/α,β-unsaturated/α-hetero) is 1. The molecule has 0 aliphatic rings. The third-order valence-corrected chi connectivity index (χ3v) is 1.67. The quantitative estimate of drug-likeness (QED) is 0.760. The van der Waals surface area contributed by atoms with Gasteiger partial charge in [0.25, 0.3) is 0 Å². The number of ketones is 1. The summed E-state index contributed by atoms with van der Waals surface area (Å²) in [6.07, 6.45) is 0.0571. The third kappa shape index (κ3) is 3.38. The Morgan fingerprint density at radius 2 is 2.21 bits per heavy atom. The number of carboxylic acid groups (broad SMARTS) is 1. The highest BCUT2D eigenvalue weighted by Crippen LogP contribution is 2.04. The summed E-state index contributed by atoms with van der Waals surface area (Å²) >= 11 is 0. The average Bonchev–Trinajstić information content (AvgIpc) is 2.48. The van der Waals surface area contributed by atoms with Gasteiger partial charge in [-0.15, -0.1) is 0 Å². The molecule has 0 unspecified atom stereocenters. The molecule has 0 radical (unpaired) electrons. The summed E-state index contributed by atoms with van der Waals surface area (Å²) < 4.78 is 4.77. The summed E-state index contributed by atoms with van der Waals surface area (Å²) in [6.45, 7) is 1.73. The van der Waals surface area contributed by atoms with Crippen LogP contribution in [-0.4, -0.2) is 22.0 Å². The Bertz CT molecular complexity index is 342. The summed E-state index contributed by atoms with van der Waals surface area (Å²) in [4.78, 5) is 21.4. The Morgan fingerprint density at radius 3 is 2.71 bits per heavy atom. The van der Waals surface area contributed by atoms with Gasteiger partial charge in [-0.25, -0.2) is 0 Å². The van der Waals surface area contributed by atoms with Crippen molar-refractivity contribution in [3.05, 3.63) is 17.5 Å². The molecule has 1 heterocycles. The largest absolute Gasteiger partial charge is 0.481 e. The lowest BCUT2D eigenvalue weighted by Gasteiger charge is -1.93. The third-order valence-electron chi connectivity index (χ3n) is 1.67. The predicted molar refractivity (Wildman–Crippen MR) is 46.8 cm³/mol. The van der Waals surface area contributed by atoms with E-state index in [-0.39, 0.29) is 25.0 Å². The van der Waals surface area contributed by atoms with Crippen LogP contribution in [0.1, 0.15) is 24.3 Å². The zero-order chi connectivity index (χ0) is 10.6. The molecule has 0 saturated carbocycles. The number of hydrogen-bond acceptors (Lipinski definition) is 4. The van der Waals surface area contributed by atoms with Crippen molar-refractivity contribution in [3.63, 3.8) is 0 Å². The van der Waals surface area contributed by atoms with E-state index in [9.17, 15) is 9.59 Å². The van der Waals surface area contributed by atoms with Gasteiger partial charge in [-0.05, 0) is 6.92 Å². The van der Waals surface area contributed by atoms with Gasteiger partial charge in [-0.2, -0.15) is 0 Å². The van der Waals surface area contributed by atoms with Gasteiger partial charge >= 0.3 is 5.97 Å². The fourth-order valence-corrected chi connectivity index (χ4v) is 1.04. The molecule has 0 amide bonds. The van der Waals surface area contributed by atoms with E-state index in [1.165, 1.54) is 0 Å². The number of carbonyl (C=O) groups excluding carboxylic acids is 1. The van der Waals surface area contributed by atoms with Crippen molar-refractivity contribution < 1.29 is 19.2 Å². The van der Waals surface area contributed by atoms with Crippen LogP contribution in [0.2, 0.25) is 0 Å². The Labute approximate surface area is 80.7 Å². The zero-order valence-electron chi connectivity index (χ0n) is 7.82. The van der Waals surface area contributed by atoms with Crippen LogP contribution in [0, 0.1) is 6.92 Å². The van der Waals surface area contributed by atoms with Crippen molar-refractivity contribution in [2.75, 3.05) is 0 Å². The number of aliphatic carboxylic acids is 1. The van der Waals surface area contributed by atoms with E-state index in [1.807, 2.05) is 0 Å². The average molecular weight is 197 g/mol. The van der Waals surface area contributed by atoms with Crippen LogP contribution in [0.4, 0.5) is 0 Å². The molecule has 0 aromatic carbocycles. The van der Waals surface area contributed by atoms with Crippen LogP contribution in [0.5, 0.6) is 0 Å². The maximum Gasteiger partial charge on any atom is 0.303 e. The van der Waals surface area contributed by atoms with Gasteiger partial charge < -0.3 is 9.63 Å². The fraction of sp³-hybridized carbons (Fsp3) is 0.444. The second kappa shape index (κ2) is 4.55. The first-order valence-electron chi connectivity index (χ1n) is 4.23. The van der Waals surface area contributed by atoms with E-state index in [4.69, 9.17) is 9.63 Å². The molecule has 0 aliphatic heterocycles. The molecule has 0 aliphatic carbocycles. The van der Waals surface area contributed by atoms with Crippen molar-refractivity contribution in [3.8, 4) is 0 Å². The number of nitrogens with zero attached hydrogens (tertiary/aromatic N) is 1. The van der Waals surface area contributed by atoms with Gasteiger partial charge in [0, 0.05) is 12.5 Å². The summed E-state index contributed by atoms with van der Waals surface area (Å²) in [5.41, 5.74) is 0.554. The summed E-state index contributed by atoms with van der Waals surface area (Å²) in [7, 11) is 0. The number of carbonyl (C=O) groups is 2. The maximum atomic E-state index is 11.2. The standard InChI is InChI=1S/C9H11NO4/c1-6-4-7(10-14-6)5-8(11)2-3-9(12)13/h4H,2-3,5H2,1H3,(H,12,13). The molecule has 0 bridgehead atoms. The number of aryl methyl sites for hydroxylation is 1. The summed E-state index contributed by atoms with van der Waals surface area (Å²) in [5.74, 6) is -0.457. The zero-order valence-corrected chi connectivity index (χ0v) is 7.82. The van der Waals surface area contributed by atoms with Crippen molar-refractivity contribution in [2.45, 2.75) is 26.2 Å². The summed E-state index contributed by atoms with van der Waals surface area (Å²) in [6, 6.07) is 1.67. The molecule has 1 rings (SSSR count). The second-order valence-corrected chi connectivity index (χ2v) is 3.04. The number of rotatable bonds is 5. The second-order valence-electron chi connectivity index (χ2n) is 3.04. The highest BCUT2D eigenvalue weighted by atomic mass is 16.5. The van der Waals surface area contributed by atoms with E-state index in [1.54, 1.807) is 13.0 Å². The van der Waals surface area contributed by atoms with Gasteiger partial charge in [0.1, 0.15) is 11.5 Å². The lowest BCUT2D eigenvalue weighted by molar-refractivity contribution is -0.138.